The van der Waals surface area contributed by atoms with Gasteiger partial charge in [0.05, 0.1) is 0 Å². The first-order valence-corrected chi connectivity index (χ1v) is 8.15. The van der Waals surface area contributed by atoms with Crippen molar-refractivity contribution in [2.45, 2.75) is 17.2 Å². The van der Waals surface area contributed by atoms with E-state index < -0.39 is 0 Å². The molecule has 2 aromatic carbocycles. The Balaban J connectivity index is 1.58. The summed E-state index contributed by atoms with van der Waals surface area (Å²) in [5.74, 6) is 1.63. The van der Waals surface area contributed by atoms with Gasteiger partial charge in [-0.2, -0.15) is 0 Å². The molecular weight excluding hydrogens is 290 g/mol. The van der Waals surface area contributed by atoms with Crippen LogP contribution >= 0.6 is 11.8 Å². The fourth-order valence-electron chi connectivity index (χ4n) is 2.08. The number of benzene rings is 2. The van der Waals surface area contributed by atoms with Gasteiger partial charge in [0.2, 0.25) is 5.95 Å². The van der Waals surface area contributed by atoms with Crippen molar-refractivity contribution < 1.29 is 0 Å². The van der Waals surface area contributed by atoms with Crippen LogP contribution in [0.1, 0.15) is 11.1 Å². The minimum atomic E-state index is 0.659. The van der Waals surface area contributed by atoms with Crippen molar-refractivity contribution in [3.63, 3.8) is 0 Å². The first-order chi connectivity index (χ1) is 10.9. The van der Waals surface area contributed by atoms with Crippen molar-refractivity contribution in [2.24, 2.45) is 0 Å². The number of anilines is 1. The van der Waals surface area contributed by atoms with Crippen molar-refractivity contribution in [2.75, 3.05) is 5.32 Å². The van der Waals surface area contributed by atoms with Crippen LogP contribution < -0.4 is 5.32 Å². The zero-order valence-corrected chi connectivity index (χ0v) is 13.0. The van der Waals surface area contributed by atoms with Crippen molar-refractivity contribution >= 4 is 17.7 Å². The van der Waals surface area contributed by atoms with Gasteiger partial charge >= 0.3 is 0 Å². The molecule has 110 valence electrons. The van der Waals surface area contributed by atoms with Crippen LogP contribution in [0.5, 0.6) is 0 Å². The van der Waals surface area contributed by atoms with E-state index in [9.17, 15) is 0 Å². The molecule has 0 aliphatic rings. The molecule has 0 radical (unpaired) electrons. The second-order valence-corrected chi connectivity index (χ2v) is 5.90. The van der Waals surface area contributed by atoms with Gasteiger partial charge in [0.25, 0.3) is 0 Å². The van der Waals surface area contributed by atoms with E-state index in [0.717, 1.165) is 12.3 Å². The van der Waals surface area contributed by atoms with Gasteiger partial charge in [-0.25, -0.2) is 9.97 Å². The average molecular weight is 307 g/mol. The Morgan fingerprint density at radius 3 is 2.41 bits per heavy atom. The molecule has 0 saturated heterocycles. The largest absolute Gasteiger partial charge is 0.350 e. The molecule has 0 aliphatic carbocycles. The molecule has 0 amide bonds. The van der Waals surface area contributed by atoms with E-state index in [0.29, 0.717) is 5.95 Å². The summed E-state index contributed by atoms with van der Waals surface area (Å²) < 4.78 is 0. The van der Waals surface area contributed by atoms with E-state index >= 15 is 0 Å². The number of nitrogens with zero attached hydrogens (tertiary/aromatic N) is 2. The number of nitrogens with one attached hydrogen (secondary N) is 1. The maximum Gasteiger partial charge on any atom is 0.222 e. The van der Waals surface area contributed by atoms with Crippen LogP contribution in [-0.2, 0) is 12.3 Å². The molecule has 1 heterocycles. The molecule has 3 rings (SSSR count). The Morgan fingerprint density at radius 2 is 1.59 bits per heavy atom. The van der Waals surface area contributed by atoms with Gasteiger partial charge in [-0.1, -0.05) is 42.5 Å². The second kappa shape index (κ2) is 7.61. The summed E-state index contributed by atoms with van der Waals surface area (Å²) >= 11 is 1.85. The van der Waals surface area contributed by atoms with Crippen molar-refractivity contribution in [3.05, 3.63) is 84.2 Å². The Kier molecular flexibility index (Phi) is 5.05. The molecule has 0 atom stereocenters. The summed E-state index contributed by atoms with van der Waals surface area (Å²) in [4.78, 5) is 9.63. The van der Waals surface area contributed by atoms with Crippen LogP contribution in [0.25, 0.3) is 0 Å². The van der Waals surface area contributed by atoms with Gasteiger partial charge in [-0.05, 0) is 29.3 Å². The fraction of sp³-hybridized carbons (Fsp3) is 0.111. The molecule has 0 unspecified atom stereocenters. The van der Waals surface area contributed by atoms with Crippen molar-refractivity contribution in [1.29, 1.82) is 0 Å². The van der Waals surface area contributed by atoms with Crippen molar-refractivity contribution in [1.82, 2.24) is 9.97 Å². The number of aromatic nitrogens is 2. The van der Waals surface area contributed by atoms with Gasteiger partial charge < -0.3 is 5.32 Å². The smallest absolute Gasteiger partial charge is 0.222 e. The average Bonchev–Trinajstić information content (AvgIpc) is 2.60. The van der Waals surface area contributed by atoms with Gasteiger partial charge in [0.1, 0.15) is 0 Å². The molecule has 3 aromatic rings. The Morgan fingerprint density at radius 1 is 0.818 bits per heavy atom. The highest BCUT2D eigenvalue weighted by Gasteiger charge is 1.99. The molecule has 0 aliphatic heterocycles. The normalized spacial score (nSPS) is 10.4. The molecule has 3 nitrogen and oxygen atoms in total. The lowest BCUT2D eigenvalue weighted by Crippen LogP contribution is -2.03. The van der Waals surface area contributed by atoms with E-state index in [1.807, 2.05) is 23.9 Å². The molecule has 1 N–H and O–H groups in total. The summed E-state index contributed by atoms with van der Waals surface area (Å²) in [6.07, 6.45) is 3.48. The van der Waals surface area contributed by atoms with Gasteiger partial charge in [0, 0.05) is 29.6 Å². The lowest BCUT2D eigenvalue weighted by atomic mass is 10.1. The minimum Gasteiger partial charge on any atom is -0.350 e. The van der Waals surface area contributed by atoms with Crippen LogP contribution in [0.4, 0.5) is 5.95 Å². The van der Waals surface area contributed by atoms with Crippen LogP contribution in [-0.4, -0.2) is 9.97 Å². The number of rotatable bonds is 6. The van der Waals surface area contributed by atoms with Crippen LogP contribution in [0.3, 0.4) is 0 Å². The molecule has 4 heteroatoms. The third-order valence-electron chi connectivity index (χ3n) is 3.16. The predicted octanol–water partition coefficient (Wildman–Crippen LogP) is 4.38. The Bertz CT molecular complexity index is 643. The highest BCUT2D eigenvalue weighted by Crippen LogP contribution is 2.22. The zero-order chi connectivity index (χ0) is 15.0. The monoisotopic (exact) mass is 307 g/mol. The molecule has 0 fully saturated rings. The minimum absolute atomic E-state index is 0.659. The number of hydrogen-bond acceptors (Lipinski definition) is 4. The van der Waals surface area contributed by atoms with E-state index in [-0.39, 0.29) is 0 Å². The van der Waals surface area contributed by atoms with E-state index in [1.165, 1.54) is 16.0 Å². The van der Waals surface area contributed by atoms with E-state index in [2.05, 4.69) is 63.8 Å². The topological polar surface area (TPSA) is 37.8 Å². The van der Waals surface area contributed by atoms with Crippen LogP contribution in [0.2, 0.25) is 0 Å². The van der Waals surface area contributed by atoms with Crippen molar-refractivity contribution in [3.8, 4) is 0 Å². The molecule has 22 heavy (non-hydrogen) atoms. The summed E-state index contributed by atoms with van der Waals surface area (Å²) in [7, 11) is 0. The third kappa shape index (κ3) is 4.33. The molecule has 0 spiro atoms. The fourth-order valence-corrected chi connectivity index (χ4v) is 2.95. The third-order valence-corrected chi connectivity index (χ3v) is 4.24. The predicted molar refractivity (Wildman–Crippen MR) is 91.8 cm³/mol. The first-order valence-electron chi connectivity index (χ1n) is 7.17. The molecular formula is C18H17N3S. The lowest BCUT2D eigenvalue weighted by Gasteiger charge is -2.07. The molecule has 1 aromatic heterocycles. The molecule has 0 bridgehead atoms. The Hall–Kier alpha value is -2.33. The maximum absolute atomic E-state index is 4.17. The van der Waals surface area contributed by atoms with Gasteiger partial charge in [-0.15, -0.1) is 11.8 Å². The standard InChI is InChI=1S/C18H17N3S/c1-2-8-17(9-3-1)22-14-16-7-4-6-15(12-16)13-21-18-19-10-5-11-20-18/h1-12H,13-14H2,(H,19,20,21). The number of thioether (sulfide) groups is 1. The van der Waals surface area contributed by atoms with E-state index in [1.54, 1.807) is 12.4 Å². The second-order valence-electron chi connectivity index (χ2n) is 4.85. The number of hydrogen-bond donors (Lipinski definition) is 1. The van der Waals surface area contributed by atoms with Gasteiger partial charge in [-0.3, -0.25) is 0 Å². The maximum atomic E-state index is 4.17. The molecule has 0 saturated carbocycles. The SMILES string of the molecule is c1ccc(SCc2cccc(CNc3ncccn3)c2)cc1. The summed E-state index contributed by atoms with van der Waals surface area (Å²) in [6.45, 7) is 0.730. The van der Waals surface area contributed by atoms with Crippen LogP contribution in [0.15, 0.2) is 78.0 Å². The Labute approximate surface area is 134 Å². The highest BCUT2D eigenvalue weighted by molar-refractivity contribution is 7.98. The lowest BCUT2D eigenvalue weighted by molar-refractivity contribution is 1.05. The highest BCUT2D eigenvalue weighted by atomic mass is 32.2. The zero-order valence-electron chi connectivity index (χ0n) is 12.1. The summed E-state index contributed by atoms with van der Waals surface area (Å²) in [6, 6.07) is 20.9. The van der Waals surface area contributed by atoms with Gasteiger partial charge in [0.15, 0.2) is 0 Å². The summed E-state index contributed by atoms with van der Waals surface area (Å²) in [5, 5.41) is 3.23. The summed E-state index contributed by atoms with van der Waals surface area (Å²) in [5.41, 5.74) is 2.56. The van der Waals surface area contributed by atoms with Crippen LogP contribution in [0, 0.1) is 0 Å². The quantitative estimate of drug-likeness (QED) is 0.686. The first kappa shape index (κ1) is 14.6. The van der Waals surface area contributed by atoms with E-state index in [4.69, 9.17) is 0 Å².